The summed E-state index contributed by atoms with van der Waals surface area (Å²) >= 11 is 0. The molecule has 1 aromatic carbocycles. The molecule has 0 saturated carbocycles. The van der Waals surface area contributed by atoms with Gasteiger partial charge in [-0.1, -0.05) is 11.6 Å². The van der Waals surface area contributed by atoms with Gasteiger partial charge >= 0.3 is 0 Å². The van der Waals surface area contributed by atoms with E-state index in [0.29, 0.717) is 11.2 Å². The average Bonchev–Trinajstić information content (AvgIpc) is 3.19. The zero-order valence-corrected chi connectivity index (χ0v) is 16.5. The zero-order valence-electron chi connectivity index (χ0n) is 16.5. The van der Waals surface area contributed by atoms with Crippen LogP contribution in [0.15, 0.2) is 42.7 Å². The van der Waals surface area contributed by atoms with Crippen molar-refractivity contribution in [2.24, 2.45) is 7.05 Å². The number of aromatic amines is 1. The van der Waals surface area contributed by atoms with E-state index in [1.807, 2.05) is 13.1 Å². The van der Waals surface area contributed by atoms with Crippen LogP contribution in [0, 0.1) is 6.92 Å². The molecule has 0 fully saturated rings. The largest absolute Gasteiger partial charge is 0.389 e. The van der Waals surface area contributed by atoms with Gasteiger partial charge in [-0.05, 0) is 45.0 Å². The normalized spacial score (nSPS) is 12.0. The Morgan fingerprint density at radius 2 is 2.04 bits per heavy atom. The highest BCUT2D eigenvalue weighted by Gasteiger charge is 2.18. The van der Waals surface area contributed by atoms with Crippen LogP contribution in [0.1, 0.15) is 29.8 Å². The van der Waals surface area contributed by atoms with E-state index in [1.165, 1.54) is 5.56 Å². The summed E-state index contributed by atoms with van der Waals surface area (Å²) in [6, 6.07) is 10.1. The molecule has 0 aliphatic rings. The van der Waals surface area contributed by atoms with Gasteiger partial charge in [0.05, 0.1) is 11.2 Å². The van der Waals surface area contributed by atoms with Crippen LogP contribution in [0.4, 0.5) is 0 Å². The van der Waals surface area contributed by atoms with Crippen molar-refractivity contribution >= 4 is 27.8 Å². The van der Waals surface area contributed by atoms with Crippen molar-refractivity contribution < 1.29 is 9.90 Å². The van der Waals surface area contributed by atoms with E-state index in [9.17, 15) is 9.90 Å². The fraction of sp³-hybridized carbons (Fsp3) is 0.273. The highest BCUT2D eigenvalue weighted by molar-refractivity contribution is 6.07. The number of aromatic nitrogens is 3. The SMILES string of the molecule is Cc1ccc2c(c1)c(-c1cc3c(C(=O)NCC(C)(C)O)ccnc3[nH]1)cn2C. The first-order chi connectivity index (χ1) is 13.2. The molecule has 4 aromatic rings. The van der Waals surface area contributed by atoms with Crippen LogP contribution in [-0.2, 0) is 7.05 Å². The molecule has 0 aliphatic heterocycles. The lowest BCUT2D eigenvalue weighted by Gasteiger charge is -2.17. The van der Waals surface area contributed by atoms with Crippen LogP contribution in [0.2, 0.25) is 0 Å². The lowest BCUT2D eigenvalue weighted by molar-refractivity contribution is 0.0695. The number of rotatable bonds is 4. The van der Waals surface area contributed by atoms with Crippen LogP contribution < -0.4 is 5.32 Å². The summed E-state index contributed by atoms with van der Waals surface area (Å²) in [6.45, 7) is 5.57. The Kier molecular flexibility index (Phi) is 4.23. The smallest absolute Gasteiger partial charge is 0.252 e. The summed E-state index contributed by atoms with van der Waals surface area (Å²) < 4.78 is 2.10. The molecule has 3 aromatic heterocycles. The molecule has 0 aliphatic carbocycles. The number of nitrogens with zero attached hydrogens (tertiary/aromatic N) is 2. The van der Waals surface area contributed by atoms with Crippen LogP contribution in [0.3, 0.4) is 0 Å². The quantitative estimate of drug-likeness (QED) is 0.509. The Bertz CT molecular complexity index is 1190. The molecular formula is C22H24N4O2. The number of carbonyl (C=O) groups excluding carboxylic acids is 1. The summed E-state index contributed by atoms with van der Waals surface area (Å²) in [6.07, 6.45) is 3.71. The molecule has 0 spiro atoms. The van der Waals surface area contributed by atoms with E-state index < -0.39 is 5.60 Å². The first kappa shape index (κ1) is 18.3. The molecule has 3 heterocycles. The number of hydrogen-bond acceptors (Lipinski definition) is 3. The van der Waals surface area contributed by atoms with Crippen molar-refractivity contribution in [2.45, 2.75) is 26.4 Å². The fourth-order valence-electron chi connectivity index (χ4n) is 3.48. The molecule has 6 heteroatoms. The highest BCUT2D eigenvalue weighted by atomic mass is 16.3. The van der Waals surface area contributed by atoms with Crippen molar-refractivity contribution in [3.05, 3.63) is 53.9 Å². The molecule has 4 rings (SSSR count). The van der Waals surface area contributed by atoms with Gasteiger partial charge in [0.25, 0.3) is 5.91 Å². The predicted molar refractivity (Wildman–Crippen MR) is 111 cm³/mol. The monoisotopic (exact) mass is 376 g/mol. The average molecular weight is 376 g/mol. The van der Waals surface area contributed by atoms with E-state index in [4.69, 9.17) is 0 Å². The number of pyridine rings is 1. The number of aliphatic hydroxyl groups is 1. The third-order valence-electron chi connectivity index (χ3n) is 4.89. The van der Waals surface area contributed by atoms with Gasteiger partial charge in [0.15, 0.2) is 0 Å². The maximum absolute atomic E-state index is 12.6. The molecule has 0 saturated heterocycles. The first-order valence-corrected chi connectivity index (χ1v) is 9.27. The van der Waals surface area contributed by atoms with Gasteiger partial charge in [0.1, 0.15) is 5.65 Å². The molecule has 3 N–H and O–H groups in total. The third-order valence-corrected chi connectivity index (χ3v) is 4.89. The van der Waals surface area contributed by atoms with Gasteiger partial charge in [-0.3, -0.25) is 4.79 Å². The van der Waals surface area contributed by atoms with Crippen LogP contribution in [-0.4, -0.2) is 37.7 Å². The van der Waals surface area contributed by atoms with Crippen molar-refractivity contribution in [3.63, 3.8) is 0 Å². The maximum Gasteiger partial charge on any atom is 0.252 e. The molecule has 28 heavy (non-hydrogen) atoms. The molecule has 0 atom stereocenters. The summed E-state index contributed by atoms with van der Waals surface area (Å²) in [5.41, 5.74) is 4.56. The van der Waals surface area contributed by atoms with E-state index in [2.05, 4.69) is 51.2 Å². The molecule has 0 bridgehead atoms. The topological polar surface area (TPSA) is 82.9 Å². The Morgan fingerprint density at radius 3 is 2.79 bits per heavy atom. The lowest BCUT2D eigenvalue weighted by atomic mass is 10.1. The third kappa shape index (κ3) is 3.27. The number of aryl methyl sites for hydroxylation is 2. The number of nitrogens with one attached hydrogen (secondary N) is 2. The van der Waals surface area contributed by atoms with Crippen molar-refractivity contribution in [2.75, 3.05) is 6.54 Å². The van der Waals surface area contributed by atoms with Gasteiger partial charge < -0.3 is 20.0 Å². The number of hydrogen-bond donors (Lipinski definition) is 3. The first-order valence-electron chi connectivity index (χ1n) is 9.27. The van der Waals surface area contributed by atoms with E-state index in [0.717, 1.165) is 27.5 Å². The number of benzene rings is 1. The van der Waals surface area contributed by atoms with Crippen LogP contribution in [0.25, 0.3) is 33.2 Å². The van der Waals surface area contributed by atoms with E-state index in [-0.39, 0.29) is 12.5 Å². The number of H-pyrrole nitrogens is 1. The second-order valence-corrected chi connectivity index (χ2v) is 7.97. The Labute approximate surface area is 163 Å². The Morgan fingerprint density at radius 1 is 1.25 bits per heavy atom. The Hall–Kier alpha value is -3.12. The van der Waals surface area contributed by atoms with Crippen LogP contribution in [0.5, 0.6) is 0 Å². The summed E-state index contributed by atoms with van der Waals surface area (Å²) in [5, 5.41) is 14.6. The zero-order chi connectivity index (χ0) is 20.1. The van der Waals surface area contributed by atoms with E-state index >= 15 is 0 Å². The predicted octanol–water partition coefficient (Wildman–Crippen LogP) is 3.53. The van der Waals surface area contributed by atoms with Gasteiger partial charge in [0.2, 0.25) is 0 Å². The van der Waals surface area contributed by atoms with Gasteiger partial charge in [-0.15, -0.1) is 0 Å². The van der Waals surface area contributed by atoms with Gasteiger partial charge in [-0.2, -0.15) is 0 Å². The molecule has 144 valence electrons. The minimum Gasteiger partial charge on any atom is -0.389 e. The molecule has 6 nitrogen and oxygen atoms in total. The van der Waals surface area contributed by atoms with Crippen molar-refractivity contribution in [1.29, 1.82) is 0 Å². The van der Waals surface area contributed by atoms with Crippen LogP contribution >= 0.6 is 0 Å². The van der Waals surface area contributed by atoms with Gasteiger partial charge in [-0.25, -0.2) is 4.98 Å². The molecule has 0 radical (unpaired) electrons. The standard InChI is InChI=1S/C22H24N4O2/c1-13-5-6-19-15(9-13)17(11-26(19)4)18-10-16-14(7-8-23-20(16)25-18)21(27)24-12-22(2,3)28/h5-11,28H,12H2,1-4H3,(H,23,25)(H,24,27). The molecule has 1 amide bonds. The van der Waals surface area contributed by atoms with Crippen molar-refractivity contribution in [1.82, 2.24) is 19.9 Å². The number of fused-ring (bicyclic) bond motifs is 2. The van der Waals surface area contributed by atoms with E-state index in [1.54, 1.807) is 26.1 Å². The minimum atomic E-state index is -0.966. The number of carbonyl (C=O) groups is 1. The summed E-state index contributed by atoms with van der Waals surface area (Å²) in [4.78, 5) is 20.4. The second-order valence-electron chi connectivity index (χ2n) is 7.97. The lowest BCUT2D eigenvalue weighted by Crippen LogP contribution is -2.38. The molecule has 0 unspecified atom stereocenters. The fourth-order valence-corrected chi connectivity index (χ4v) is 3.48. The highest BCUT2D eigenvalue weighted by Crippen LogP contribution is 2.32. The van der Waals surface area contributed by atoms with Gasteiger partial charge in [0, 0.05) is 53.5 Å². The number of amides is 1. The summed E-state index contributed by atoms with van der Waals surface area (Å²) in [7, 11) is 2.03. The summed E-state index contributed by atoms with van der Waals surface area (Å²) in [5.74, 6) is -0.228. The minimum absolute atomic E-state index is 0.176. The van der Waals surface area contributed by atoms with Crippen molar-refractivity contribution in [3.8, 4) is 11.3 Å². The molecular weight excluding hydrogens is 352 g/mol. The second kappa shape index (κ2) is 6.49. The maximum atomic E-state index is 12.6. The Balaban J connectivity index is 1.79.